The Hall–Kier alpha value is -2.36. The van der Waals surface area contributed by atoms with Crippen molar-refractivity contribution >= 4 is 6.03 Å². The van der Waals surface area contributed by atoms with Gasteiger partial charge in [-0.25, -0.2) is 4.79 Å². The van der Waals surface area contributed by atoms with Gasteiger partial charge in [0.25, 0.3) is 0 Å². The lowest BCUT2D eigenvalue weighted by Crippen LogP contribution is -2.40. The van der Waals surface area contributed by atoms with E-state index >= 15 is 0 Å². The molecule has 4 nitrogen and oxygen atoms in total. The minimum atomic E-state index is -0.119. The van der Waals surface area contributed by atoms with Crippen LogP contribution in [0.4, 0.5) is 4.79 Å². The van der Waals surface area contributed by atoms with E-state index in [1.54, 1.807) is 12.4 Å². The highest BCUT2D eigenvalue weighted by Gasteiger charge is 2.44. The summed E-state index contributed by atoms with van der Waals surface area (Å²) in [5, 5.41) is 5.99. The summed E-state index contributed by atoms with van der Waals surface area (Å²) in [6.07, 6.45) is 5.74. The molecule has 2 N–H and O–H groups in total. The number of nitrogens with one attached hydrogen (secondary N) is 2. The summed E-state index contributed by atoms with van der Waals surface area (Å²) in [5.41, 5.74) is 2.50. The molecule has 1 aromatic carbocycles. The third-order valence-electron chi connectivity index (χ3n) is 4.38. The zero-order chi connectivity index (χ0) is 15.4. The molecule has 2 amide bonds. The Kier molecular flexibility index (Phi) is 4.09. The summed E-state index contributed by atoms with van der Waals surface area (Å²) in [7, 11) is 0. The standard InChI is InChI=1S/C18H21N3O/c1-14(15-7-11-19-12-8-15)21-17(22)20-13-18(9-10-18)16-5-3-2-4-6-16/h2-8,11-12,14H,9-10,13H2,1H3,(H2,20,21,22). The summed E-state index contributed by atoms with van der Waals surface area (Å²) in [5.74, 6) is 0. The van der Waals surface area contributed by atoms with Crippen LogP contribution in [0.1, 0.15) is 36.9 Å². The average molecular weight is 295 g/mol. The van der Waals surface area contributed by atoms with Gasteiger partial charge in [-0.15, -0.1) is 0 Å². The minimum Gasteiger partial charge on any atom is -0.337 e. The van der Waals surface area contributed by atoms with E-state index in [2.05, 4.69) is 39.9 Å². The predicted octanol–water partition coefficient (Wildman–Crippen LogP) is 3.17. The Balaban J connectivity index is 1.53. The van der Waals surface area contributed by atoms with Gasteiger partial charge in [0.15, 0.2) is 0 Å². The van der Waals surface area contributed by atoms with E-state index in [1.165, 1.54) is 5.56 Å². The van der Waals surface area contributed by atoms with Crippen molar-refractivity contribution < 1.29 is 4.79 Å². The second-order valence-corrected chi connectivity index (χ2v) is 5.98. The first kappa shape index (κ1) is 14.6. The van der Waals surface area contributed by atoms with Crippen LogP contribution < -0.4 is 10.6 Å². The topological polar surface area (TPSA) is 54.0 Å². The van der Waals surface area contributed by atoms with E-state index in [0.717, 1.165) is 18.4 Å². The van der Waals surface area contributed by atoms with Crippen LogP contribution in [0.2, 0.25) is 0 Å². The van der Waals surface area contributed by atoms with Crippen molar-refractivity contribution in [2.75, 3.05) is 6.54 Å². The normalized spacial score (nSPS) is 16.6. The summed E-state index contributed by atoms with van der Waals surface area (Å²) in [6.45, 7) is 2.66. The first-order valence-electron chi connectivity index (χ1n) is 7.69. The van der Waals surface area contributed by atoms with Crippen molar-refractivity contribution in [2.45, 2.75) is 31.2 Å². The Labute approximate surface area is 131 Å². The van der Waals surface area contributed by atoms with Crippen LogP contribution in [0, 0.1) is 0 Å². The number of carbonyl (C=O) groups is 1. The lowest BCUT2D eigenvalue weighted by molar-refractivity contribution is 0.237. The highest BCUT2D eigenvalue weighted by molar-refractivity contribution is 5.74. The Bertz CT molecular complexity index is 623. The van der Waals surface area contributed by atoms with Crippen molar-refractivity contribution in [3.8, 4) is 0 Å². The number of aromatic nitrogens is 1. The zero-order valence-corrected chi connectivity index (χ0v) is 12.8. The van der Waals surface area contributed by atoms with E-state index in [0.29, 0.717) is 6.54 Å². The van der Waals surface area contributed by atoms with E-state index in [1.807, 2.05) is 25.1 Å². The van der Waals surface area contributed by atoms with Gasteiger partial charge in [-0.2, -0.15) is 0 Å². The van der Waals surface area contributed by atoms with Crippen molar-refractivity contribution in [3.05, 3.63) is 66.0 Å². The number of nitrogens with zero attached hydrogens (tertiary/aromatic N) is 1. The summed E-state index contributed by atoms with van der Waals surface area (Å²) in [4.78, 5) is 16.1. The Morgan fingerprint density at radius 1 is 1.18 bits per heavy atom. The molecule has 4 heteroatoms. The van der Waals surface area contributed by atoms with Crippen LogP contribution in [0.15, 0.2) is 54.9 Å². The van der Waals surface area contributed by atoms with Crippen LogP contribution in [-0.4, -0.2) is 17.6 Å². The first-order valence-corrected chi connectivity index (χ1v) is 7.69. The van der Waals surface area contributed by atoms with Crippen LogP contribution >= 0.6 is 0 Å². The van der Waals surface area contributed by atoms with Crippen LogP contribution in [0.25, 0.3) is 0 Å². The average Bonchev–Trinajstić information content (AvgIpc) is 3.36. The maximum Gasteiger partial charge on any atom is 0.315 e. The van der Waals surface area contributed by atoms with Crippen molar-refractivity contribution in [2.24, 2.45) is 0 Å². The molecule has 2 aromatic rings. The fourth-order valence-corrected chi connectivity index (χ4v) is 2.74. The number of pyridine rings is 1. The molecule has 1 saturated carbocycles. The lowest BCUT2D eigenvalue weighted by atomic mass is 9.96. The molecule has 0 bridgehead atoms. The van der Waals surface area contributed by atoms with Crippen LogP contribution in [0.5, 0.6) is 0 Å². The van der Waals surface area contributed by atoms with Gasteiger partial charge in [0.1, 0.15) is 0 Å². The van der Waals surface area contributed by atoms with Crippen molar-refractivity contribution in [1.29, 1.82) is 0 Å². The molecule has 1 fully saturated rings. The van der Waals surface area contributed by atoms with Gasteiger partial charge in [-0.3, -0.25) is 4.98 Å². The second-order valence-electron chi connectivity index (χ2n) is 5.98. The number of hydrogen-bond donors (Lipinski definition) is 2. The van der Waals surface area contributed by atoms with E-state index in [9.17, 15) is 4.79 Å². The van der Waals surface area contributed by atoms with E-state index < -0.39 is 0 Å². The summed E-state index contributed by atoms with van der Waals surface area (Å²) in [6, 6.07) is 14.1. The third-order valence-corrected chi connectivity index (χ3v) is 4.38. The molecule has 114 valence electrons. The SMILES string of the molecule is CC(NC(=O)NCC1(c2ccccc2)CC1)c1ccncc1. The monoisotopic (exact) mass is 295 g/mol. The molecule has 0 spiro atoms. The molecule has 1 heterocycles. The van der Waals surface area contributed by atoms with Crippen LogP contribution in [0.3, 0.4) is 0 Å². The Morgan fingerprint density at radius 2 is 1.86 bits per heavy atom. The van der Waals surface area contributed by atoms with Gasteiger partial charge in [0.05, 0.1) is 6.04 Å². The number of benzene rings is 1. The number of hydrogen-bond acceptors (Lipinski definition) is 2. The summed E-state index contributed by atoms with van der Waals surface area (Å²) >= 11 is 0. The fourth-order valence-electron chi connectivity index (χ4n) is 2.74. The highest BCUT2D eigenvalue weighted by Crippen LogP contribution is 2.47. The fraction of sp³-hybridized carbons (Fsp3) is 0.333. The second kappa shape index (κ2) is 6.18. The van der Waals surface area contributed by atoms with Gasteiger partial charge in [0, 0.05) is 24.4 Å². The quantitative estimate of drug-likeness (QED) is 0.890. The molecule has 1 aromatic heterocycles. The highest BCUT2D eigenvalue weighted by atomic mass is 16.2. The lowest BCUT2D eigenvalue weighted by Gasteiger charge is -2.19. The molecule has 1 atom stereocenters. The van der Waals surface area contributed by atoms with E-state index in [4.69, 9.17) is 0 Å². The van der Waals surface area contributed by atoms with Crippen molar-refractivity contribution in [3.63, 3.8) is 0 Å². The molecule has 0 aliphatic heterocycles. The molecule has 1 aliphatic carbocycles. The molecular formula is C18H21N3O. The van der Waals surface area contributed by atoms with Gasteiger partial charge >= 0.3 is 6.03 Å². The van der Waals surface area contributed by atoms with Gasteiger partial charge in [-0.1, -0.05) is 30.3 Å². The van der Waals surface area contributed by atoms with Gasteiger partial charge in [0.2, 0.25) is 0 Å². The molecular weight excluding hydrogens is 274 g/mol. The molecule has 22 heavy (non-hydrogen) atoms. The number of urea groups is 1. The number of amides is 2. The zero-order valence-electron chi connectivity index (χ0n) is 12.8. The Morgan fingerprint density at radius 3 is 2.50 bits per heavy atom. The predicted molar refractivity (Wildman–Crippen MR) is 86.5 cm³/mol. The molecule has 1 unspecified atom stereocenters. The third kappa shape index (κ3) is 3.27. The molecule has 0 saturated heterocycles. The minimum absolute atomic E-state index is 0.0325. The number of carbonyl (C=O) groups excluding carboxylic acids is 1. The van der Waals surface area contributed by atoms with Crippen LogP contribution in [-0.2, 0) is 5.41 Å². The largest absolute Gasteiger partial charge is 0.337 e. The maximum absolute atomic E-state index is 12.1. The molecule has 0 radical (unpaired) electrons. The number of rotatable bonds is 5. The summed E-state index contributed by atoms with van der Waals surface area (Å²) < 4.78 is 0. The first-order chi connectivity index (χ1) is 10.7. The smallest absolute Gasteiger partial charge is 0.315 e. The molecule has 1 aliphatic rings. The van der Waals surface area contributed by atoms with Gasteiger partial charge < -0.3 is 10.6 Å². The van der Waals surface area contributed by atoms with Crippen molar-refractivity contribution in [1.82, 2.24) is 15.6 Å². The van der Waals surface area contributed by atoms with E-state index in [-0.39, 0.29) is 17.5 Å². The maximum atomic E-state index is 12.1. The van der Waals surface area contributed by atoms with Gasteiger partial charge in [-0.05, 0) is 43.0 Å². The molecule has 3 rings (SSSR count).